The van der Waals surface area contributed by atoms with Gasteiger partial charge in [-0.3, -0.25) is 37.3 Å². The molecule has 0 amide bonds. The van der Waals surface area contributed by atoms with Crippen LogP contribution in [0.15, 0.2) is 0 Å². The molecule has 594 valence electrons. The number of aliphatic hydroxyl groups is 1. The molecule has 0 heterocycles. The van der Waals surface area contributed by atoms with E-state index in [1.54, 1.807) is 0 Å². The van der Waals surface area contributed by atoms with Gasteiger partial charge >= 0.3 is 39.5 Å². The number of carbonyl (C=O) groups excluding carboxylic acids is 4. The predicted molar refractivity (Wildman–Crippen MR) is 409 cm³/mol. The smallest absolute Gasteiger partial charge is 0.462 e. The number of unbranched alkanes of at least 4 members (excludes halogenated alkanes) is 53. The van der Waals surface area contributed by atoms with Crippen LogP contribution in [0.4, 0.5) is 0 Å². The largest absolute Gasteiger partial charge is 0.472 e. The molecule has 0 aliphatic heterocycles. The van der Waals surface area contributed by atoms with E-state index in [0.29, 0.717) is 25.7 Å². The van der Waals surface area contributed by atoms with Gasteiger partial charge in [0.05, 0.1) is 26.4 Å². The molecule has 0 bridgehead atoms. The standard InChI is InChI=1S/C81H158O17P2/c1-6-9-12-15-17-19-21-23-25-27-28-29-30-31-32-34-40-44-48-52-57-62-67-81(86)98-77(71-92-79(84)65-60-55-50-46-42-38-36-35-37-41-45-49-54-58-63-74(4)5)73-96-100(89,90)94-69-75(82)68-93-99(87,88)95-72-76(70-91-78(83)64-59-53-14-11-8-3)97-80(85)66-61-56-51-47-43-39-33-26-24-22-20-18-16-13-10-7-2/h74-77,82H,6-73H2,1-5H3,(H,87,88)(H,89,90)/t75-,76+,77+/m0/s1. The Hall–Kier alpha value is -1.94. The number of phosphoric acid groups is 2. The minimum Gasteiger partial charge on any atom is -0.462 e. The first-order valence-corrected chi connectivity index (χ1v) is 45.1. The molecular formula is C81H158O17P2. The van der Waals surface area contributed by atoms with E-state index in [-0.39, 0.29) is 25.7 Å². The van der Waals surface area contributed by atoms with Crippen LogP contribution in [0.1, 0.15) is 433 Å². The van der Waals surface area contributed by atoms with Crippen LogP contribution in [0.5, 0.6) is 0 Å². The molecule has 5 atom stereocenters. The average Bonchev–Trinajstić information content (AvgIpc) is 0.914. The van der Waals surface area contributed by atoms with Crippen LogP contribution in [0, 0.1) is 5.92 Å². The Kier molecular flexibility index (Phi) is 72.5. The van der Waals surface area contributed by atoms with Crippen molar-refractivity contribution in [2.45, 2.75) is 451 Å². The van der Waals surface area contributed by atoms with Gasteiger partial charge in [0.25, 0.3) is 0 Å². The normalized spacial score (nSPS) is 13.8. The fraction of sp³-hybridized carbons (Fsp3) is 0.951. The molecule has 0 saturated carbocycles. The lowest BCUT2D eigenvalue weighted by Crippen LogP contribution is -2.30. The Balaban J connectivity index is 5.11. The minimum absolute atomic E-state index is 0.108. The van der Waals surface area contributed by atoms with Gasteiger partial charge in [-0.25, -0.2) is 9.13 Å². The minimum atomic E-state index is -4.96. The Morgan fingerprint density at radius 1 is 0.270 bits per heavy atom. The van der Waals surface area contributed by atoms with Crippen LogP contribution >= 0.6 is 15.6 Å². The molecule has 0 aliphatic rings. The second kappa shape index (κ2) is 73.9. The SMILES string of the molecule is CCCCCCCCCCCCCCCCCCCCCCCCC(=O)O[C@H](COC(=O)CCCCCCCCCCCCCCCCC(C)C)COP(=O)(O)OC[C@@H](O)COP(=O)(O)OC[C@@H](COC(=O)CCCCCCC)OC(=O)CCCCCCCCCCCCCCCCCC. The fourth-order valence-electron chi connectivity index (χ4n) is 12.6. The van der Waals surface area contributed by atoms with Gasteiger partial charge < -0.3 is 33.8 Å². The van der Waals surface area contributed by atoms with E-state index < -0.39 is 97.5 Å². The Bertz CT molecular complexity index is 1910. The number of aliphatic hydroxyl groups excluding tert-OH is 1. The summed E-state index contributed by atoms with van der Waals surface area (Å²) in [5.41, 5.74) is 0. The van der Waals surface area contributed by atoms with E-state index in [4.69, 9.17) is 37.0 Å². The first-order chi connectivity index (χ1) is 48.5. The number of hydrogen-bond donors (Lipinski definition) is 3. The second-order valence-electron chi connectivity index (χ2n) is 29.6. The van der Waals surface area contributed by atoms with Crippen molar-refractivity contribution in [2.24, 2.45) is 5.92 Å². The monoisotopic (exact) mass is 1470 g/mol. The van der Waals surface area contributed by atoms with Gasteiger partial charge in [-0.05, 0) is 31.6 Å². The molecule has 0 radical (unpaired) electrons. The van der Waals surface area contributed by atoms with Crippen molar-refractivity contribution in [1.29, 1.82) is 0 Å². The average molecular weight is 1470 g/mol. The summed E-state index contributed by atoms with van der Waals surface area (Å²) in [6.45, 7) is 7.26. The molecule has 0 aromatic heterocycles. The third kappa shape index (κ3) is 74.3. The zero-order valence-electron chi connectivity index (χ0n) is 65.3. The molecule has 0 aliphatic carbocycles. The van der Waals surface area contributed by atoms with Crippen molar-refractivity contribution in [3.63, 3.8) is 0 Å². The number of rotatable bonds is 81. The van der Waals surface area contributed by atoms with Gasteiger partial charge in [-0.1, -0.05) is 381 Å². The van der Waals surface area contributed by atoms with Gasteiger partial charge in [0, 0.05) is 25.7 Å². The summed E-state index contributed by atoms with van der Waals surface area (Å²) in [4.78, 5) is 72.7. The molecule has 0 rings (SSSR count). The predicted octanol–water partition coefficient (Wildman–Crippen LogP) is 24.4. The quantitative estimate of drug-likeness (QED) is 0.0222. The van der Waals surface area contributed by atoms with E-state index in [1.807, 2.05) is 0 Å². The third-order valence-corrected chi connectivity index (χ3v) is 20.9. The summed E-state index contributed by atoms with van der Waals surface area (Å²) in [7, 11) is -9.91. The summed E-state index contributed by atoms with van der Waals surface area (Å²) in [5.74, 6) is -1.32. The van der Waals surface area contributed by atoms with Crippen molar-refractivity contribution in [3.8, 4) is 0 Å². The molecule has 17 nitrogen and oxygen atoms in total. The highest BCUT2D eigenvalue weighted by molar-refractivity contribution is 7.47. The van der Waals surface area contributed by atoms with Crippen molar-refractivity contribution < 1.29 is 80.2 Å². The van der Waals surface area contributed by atoms with Crippen molar-refractivity contribution in [2.75, 3.05) is 39.6 Å². The Morgan fingerprint density at radius 2 is 0.460 bits per heavy atom. The summed E-state index contributed by atoms with van der Waals surface area (Å²) in [5, 5.41) is 10.6. The lowest BCUT2D eigenvalue weighted by Gasteiger charge is -2.21. The Labute approximate surface area is 613 Å². The van der Waals surface area contributed by atoms with E-state index in [0.717, 1.165) is 102 Å². The first kappa shape index (κ1) is 98.1. The van der Waals surface area contributed by atoms with Crippen LogP contribution < -0.4 is 0 Å². The summed E-state index contributed by atoms with van der Waals surface area (Å²) >= 11 is 0. The van der Waals surface area contributed by atoms with Crippen molar-refractivity contribution >= 4 is 39.5 Å². The van der Waals surface area contributed by atoms with E-state index in [2.05, 4.69) is 34.6 Å². The van der Waals surface area contributed by atoms with Crippen LogP contribution in [0.3, 0.4) is 0 Å². The summed E-state index contributed by atoms with van der Waals surface area (Å²) < 4.78 is 68.5. The fourth-order valence-corrected chi connectivity index (χ4v) is 14.2. The van der Waals surface area contributed by atoms with E-state index >= 15 is 0 Å². The highest BCUT2D eigenvalue weighted by atomic mass is 31.2. The highest BCUT2D eigenvalue weighted by Crippen LogP contribution is 2.45. The van der Waals surface area contributed by atoms with Crippen LogP contribution in [-0.4, -0.2) is 96.7 Å². The number of esters is 4. The lowest BCUT2D eigenvalue weighted by molar-refractivity contribution is -0.161. The molecule has 0 saturated heterocycles. The maximum Gasteiger partial charge on any atom is 0.472 e. The number of ether oxygens (including phenoxy) is 4. The number of hydrogen-bond acceptors (Lipinski definition) is 15. The second-order valence-corrected chi connectivity index (χ2v) is 32.5. The van der Waals surface area contributed by atoms with Gasteiger partial charge in [-0.15, -0.1) is 0 Å². The van der Waals surface area contributed by atoms with Crippen LogP contribution in [0.25, 0.3) is 0 Å². The van der Waals surface area contributed by atoms with Gasteiger partial charge in [0.2, 0.25) is 0 Å². The first-order valence-electron chi connectivity index (χ1n) is 42.1. The van der Waals surface area contributed by atoms with E-state index in [1.165, 1.54) is 250 Å². The van der Waals surface area contributed by atoms with E-state index in [9.17, 15) is 43.2 Å². The summed E-state index contributed by atoms with van der Waals surface area (Å²) in [6, 6.07) is 0. The van der Waals surface area contributed by atoms with Gasteiger partial charge in [0.1, 0.15) is 19.3 Å². The van der Waals surface area contributed by atoms with Gasteiger partial charge in [-0.2, -0.15) is 0 Å². The highest BCUT2D eigenvalue weighted by Gasteiger charge is 2.30. The lowest BCUT2D eigenvalue weighted by atomic mass is 10.0. The maximum absolute atomic E-state index is 13.1. The van der Waals surface area contributed by atoms with Crippen molar-refractivity contribution in [1.82, 2.24) is 0 Å². The summed E-state index contributed by atoms with van der Waals surface area (Å²) in [6.07, 6.45) is 65.8. The van der Waals surface area contributed by atoms with Crippen LogP contribution in [0.2, 0.25) is 0 Å². The maximum atomic E-state index is 13.1. The number of carbonyl (C=O) groups is 4. The molecule has 2 unspecified atom stereocenters. The molecule has 19 heteroatoms. The molecule has 100 heavy (non-hydrogen) atoms. The molecule has 0 spiro atoms. The zero-order valence-corrected chi connectivity index (χ0v) is 67.1. The topological polar surface area (TPSA) is 237 Å². The Morgan fingerprint density at radius 3 is 0.680 bits per heavy atom. The number of phosphoric ester groups is 2. The molecule has 0 aromatic carbocycles. The molecule has 0 aromatic rings. The molecule has 3 N–H and O–H groups in total. The third-order valence-electron chi connectivity index (χ3n) is 19.0. The van der Waals surface area contributed by atoms with Crippen molar-refractivity contribution in [3.05, 3.63) is 0 Å². The van der Waals surface area contributed by atoms with Gasteiger partial charge in [0.15, 0.2) is 12.2 Å². The van der Waals surface area contributed by atoms with Crippen LogP contribution in [-0.2, 0) is 65.4 Å². The molecule has 0 fully saturated rings. The zero-order chi connectivity index (χ0) is 73.4. The molecular weight excluding hydrogens is 1310 g/mol.